The van der Waals surface area contributed by atoms with Gasteiger partial charge in [0.1, 0.15) is 11.6 Å². The van der Waals surface area contributed by atoms with Crippen LogP contribution in [-0.2, 0) is 19.1 Å². The molecule has 0 radical (unpaired) electrons. The first-order valence-electron chi connectivity index (χ1n) is 13.3. The van der Waals surface area contributed by atoms with Crippen molar-refractivity contribution in [3.05, 3.63) is 12.2 Å². The molecule has 4 N–H and O–H groups in total. The van der Waals surface area contributed by atoms with Crippen LogP contribution < -0.4 is 16.0 Å². The third-order valence-electron chi connectivity index (χ3n) is 8.30. The van der Waals surface area contributed by atoms with Crippen LogP contribution in [0, 0.1) is 29.6 Å². The van der Waals surface area contributed by atoms with Crippen LogP contribution in [0.2, 0.25) is 0 Å². The van der Waals surface area contributed by atoms with E-state index in [9.17, 15) is 24.3 Å². The smallest absolute Gasteiger partial charge is 0.410 e. The number of aliphatic hydroxyl groups is 1. The van der Waals surface area contributed by atoms with E-state index in [4.69, 9.17) is 4.74 Å². The van der Waals surface area contributed by atoms with E-state index in [-0.39, 0.29) is 36.1 Å². The van der Waals surface area contributed by atoms with Gasteiger partial charge in [-0.1, -0.05) is 12.2 Å². The van der Waals surface area contributed by atoms with Gasteiger partial charge in [-0.15, -0.1) is 0 Å². The number of carbonyl (C=O) groups is 4. The molecule has 2 bridgehead atoms. The maximum absolute atomic E-state index is 13.8. The van der Waals surface area contributed by atoms with Crippen LogP contribution in [0.1, 0.15) is 52.9 Å². The molecule has 10 nitrogen and oxygen atoms in total. The molecule has 0 aromatic carbocycles. The molecule has 5 rings (SSSR count). The molecule has 2 aliphatic heterocycles. The SMILES string of the molecule is CC(C)(C)OC(=O)N1C[C@H]2[C@@H]([C@H]1C(=O)N[C@@H](C[C@@H]1CCNC1=O)C(O)C(=O)NC1CC1)[C@H]1C=C[C@@H]2C1. The zero-order valence-electron chi connectivity index (χ0n) is 21.2. The predicted octanol–water partition coefficient (Wildman–Crippen LogP) is 0.695. The van der Waals surface area contributed by atoms with Gasteiger partial charge < -0.3 is 25.8 Å². The number of allylic oxidation sites excluding steroid dienone is 2. The molecule has 198 valence electrons. The minimum atomic E-state index is -1.49. The summed E-state index contributed by atoms with van der Waals surface area (Å²) in [6, 6.07) is -1.65. The summed E-state index contributed by atoms with van der Waals surface area (Å²) in [5.74, 6) is -0.832. The number of nitrogens with one attached hydrogen (secondary N) is 3. The van der Waals surface area contributed by atoms with E-state index in [1.54, 1.807) is 20.8 Å². The van der Waals surface area contributed by atoms with E-state index >= 15 is 0 Å². The summed E-state index contributed by atoms with van der Waals surface area (Å²) >= 11 is 0. The van der Waals surface area contributed by atoms with Gasteiger partial charge >= 0.3 is 6.09 Å². The fourth-order valence-corrected chi connectivity index (χ4v) is 6.47. The number of likely N-dealkylation sites (tertiary alicyclic amines) is 1. The molecule has 0 aromatic rings. The van der Waals surface area contributed by atoms with Crippen molar-refractivity contribution in [2.45, 2.75) is 82.7 Å². The fraction of sp³-hybridized carbons (Fsp3) is 0.769. The summed E-state index contributed by atoms with van der Waals surface area (Å²) in [5, 5.41) is 19.4. The Kier molecular flexibility index (Phi) is 6.51. The standard InChI is InChI=1S/C26H38N4O6/c1-26(2,3)36-25(35)30-12-17-13-4-5-14(10-13)19(17)20(30)23(33)29-18(11-15-8-9-27-22(15)32)21(31)24(34)28-16-6-7-16/h4-5,13-21,31H,6-12H2,1-3H3,(H,27,32)(H,28,34)(H,29,33)/t13-,14+,15+,17-,18+,19+,20+,21?/m1/s1. The van der Waals surface area contributed by atoms with Gasteiger partial charge in [0.2, 0.25) is 11.8 Å². The van der Waals surface area contributed by atoms with Crippen LogP contribution in [0.5, 0.6) is 0 Å². The third-order valence-corrected chi connectivity index (χ3v) is 8.30. The zero-order chi connectivity index (χ0) is 25.8. The highest BCUT2D eigenvalue weighted by Gasteiger charge is 2.58. The molecule has 3 aliphatic carbocycles. The number of amides is 4. The Balaban J connectivity index is 1.36. The van der Waals surface area contributed by atoms with Gasteiger partial charge in [-0.05, 0) is 76.5 Å². The summed E-state index contributed by atoms with van der Waals surface area (Å²) in [4.78, 5) is 53.5. The molecule has 8 atom stereocenters. The molecule has 5 aliphatic rings. The van der Waals surface area contributed by atoms with E-state index < -0.39 is 47.6 Å². The van der Waals surface area contributed by atoms with E-state index in [0.717, 1.165) is 19.3 Å². The van der Waals surface area contributed by atoms with Crippen molar-refractivity contribution in [1.29, 1.82) is 0 Å². The average molecular weight is 503 g/mol. The van der Waals surface area contributed by atoms with Gasteiger partial charge in [0.05, 0.1) is 6.04 Å². The lowest BCUT2D eigenvalue weighted by Crippen LogP contribution is -2.57. The monoisotopic (exact) mass is 502 g/mol. The van der Waals surface area contributed by atoms with Crippen molar-refractivity contribution < 1.29 is 29.0 Å². The van der Waals surface area contributed by atoms with E-state index in [1.807, 2.05) is 0 Å². The highest BCUT2D eigenvalue weighted by atomic mass is 16.6. The van der Waals surface area contributed by atoms with Crippen LogP contribution >= 0.6 is 0 Å². The van der Waals surface area contributed by atoms with Crippen molar-refractivity contribution in [3.8, 4) is 0 Å². The molecule has 2 saturated heterocycles. The van der Waals surface area contributed by atoms with Crippen molar-refractivity contribution in [3.63, 3.8) is 0 Å². The highest BCUT2D eigenvalue weighted by Crippen LogP contribution is 2.54. The first-order chi connectivity index (χ1) is 17.0. The number of hydrogen-bond donors (Lipinski definition) is 4. The minimum absolute atomic E-state index is 0.0413. The van der Waals surface area contributed by atoms with Gasteiger partial charge in [0.25, 0.3) is 5.91 Å². The van der Waals surface area contributed by atoms with Gasteiger partial charge in [-0.3, -0.25) is 19.3 Å². The Bertz CT molecular complexity index is 957. The summed E-state index contributed by atoms with van der Waals surface area (Å²) < 4.78 is 5.64. The fourth-order valence-electron chi connectivity index (χ4n) is 6.47. The van der Waals surface area contributed by atoms with Crippen LogP contribution in [0.4, 0.5) is 4.79 Å². The average Bonchev–Trinajstić information content (AvgIpc) is 3.16. The molecule has 2 saturated carbocycles. The Labute approximate surface area is 211 Å². The number of rotatable bonds is 7. The van der Waals surface area contributed by atoms with Crippen LogP contribution in [0.25, 0.3) is 0 Å². The Morgan fingerprint density at radius 1 is 1.19 bits per heavy atom. The van der Waals surface area contributed by atoms with Gasteiger partial charge in [-0.2, -0.15) is 0 Å². The zero-order valence-corrected chi connectivity index (χ0v) is 21.2. The first-order valence-corrected chi connectivity index (χ1v) is 13.3. The molecule has 10 heteroatoms. The van der Waals surface area contributed by atoms with Gasteiger partial charge in [-0.25, -0.2) is 4.79 Å². The molecular formula is C26H38N4O6. The van der Waals surface area contributed by atoms with Gasteiger partial charge in [0, 0.05) is 25.0 Å². The summed E-state index contributed by atoms with van der Waals surface area (Å²) in [6.07, 6.45) is 5.74. The number of carbonyl (C=O) groups excluding carboxylic acids is 4. The number of ether oxygens (including phenoxy) is 1. The lowest BCUT2D eigenvalue weighted by molar-refractivity contribution is -0.135. The topological polar surface area (TPSA) is 137 Å². The Hall–Kier alpha value is -2.62. The summed E-state index contributed by atoms with van der Waals surface area (Å²) in [5.41, 5.74) is -0.706. The van der Waals surface area contributed by atoms with Crippen LogP contribution in [-0.4, -0.2) is 76.7 Å². The predicted molar refractivity (Wildman–Crippen MR) is 129 cm³/mol. The molecule has 4 amide bonds. The molecule has 0 spiro atoms. The van der Waals surface area contributed by atoms with E-state index in [1.165, 1.54) is 4.90 Å². The number of nitrogens with zero attached hydrogens (tertiary/aromatic N) is 1. The molecule has 0 aromatic heterocycles. The lowest BCUT2D eigenvalue weighted by Gasteiger charge is -2.33. The van der Waals surface area contributed by atoms with Gasteiger partial charge in [0.15, 0.2) is 6.10 Å². The number of hydrogen-bond acceptors (Lipinski definition) is 6. The summed E-state index contributed by atoms with van der Waals surface area (Å²) in [7, 11) is 0. The van der Waals surface area contributed by atoms with Crippen molar-refractivity contribution >= 4 is 23.8 Å². The maximum atomic E-state index is 13.8. The first kappa shape index (κ1) is 25.0. The summed E-state index contributed by atoms with van der Waals surface area (Å²) in [6.45, 7) is 6.34. The Morgan fingerprint density at radius 3 is 2.56 bits per heavy atom. The lowest BCUT2D eigenvalue weighted by atomic mass is 9.81. The van der Waals surface area contributed by atoms with Crippen molar-refractivity contribution in [2.24, 2.45) is 29.6 Å². The van der Waals surface area contributed by atoms with Crippen molar-refractivity contribution in [2.75, 3.05) is 13.1 Å². The number of aliphatic hydroxyl groups excluding tert-OH is 1. The maximum Gasteiger partial charge on any atom is 0.410 e. The quantitative estimate of drug-likeness (QED) is 0.378. The number of fused-ring (bicyclic) bond motifs is 5. The molecule has 4 fully saturated rings. The second-order valence-electron chi connectivity index (χ2n) is 12.1. The normalized spacial score (nSPS) is 34.2. The van der Waals surface area contributed by atoms with Crippen molar-refractivity contribution in [1.82, 2.24) is 20.9 Å². The molecule has 1 unspecified atom stereocenters. The van der Waals surface area contributed by atoms with Crippen LogP contribution in [0.3, 0.4) is 0 Å². The largest absolute Gasteiger partial charge is 0.444 e. The van der Waals surface area contributed by atoms with E-state index in [0.29, 0.717) is 25.4 Å². The molecule has 36 heavy (non-hydrogen) atoms. The van der Waals surface area contributed by atoms with Crippen LogP contribution in [0.15, 0.2) is 12.2 Å². The Morgan fingerprint density at radius 2 is 1.92 bits per heavy atom. The second kappa shape index (κ2) is 9.36. The van der Waals surface area contributed by atoms with E-state index in [2.05, 4.69) is 28.1 Å². The minimum Gasteiger partial charge on any atom is -0.444 e. The molecular weight excluding hydrogens is 464 g/mol. The second-order valence-corrected chi connectivity index (χ2v) is 12.1. The highest BCUT2D eigenvalue weighted by molar-refractivity contribution is 5.89. The molecule has 2 heterocycles. The third kappa shape index (κ3) is 4.96.